The fourth-order valence-corrected chi connectivity index (χ4v) is 13.4. The number of hydrogen-bond acceptors (Lipinski definition) is 1. The predicted octanol–water partition coefficient (Wildman–Crippen LogP) is 7.00. The van der Waals surface area contributed by atoms with E-state index in [0.29, 0.717) is 5.54 Å². The quantitative estimate of drug-likeness (QED) is 0.542. The third-order valence-corrected chi connectivity index (χ3v) is 13.6. The monoisotopic (exact) mass is 393 g/mol. The molecule has 1 heteroatoms. The molecular formula is C28H43N. The van der Waals surface area contributed by atoms with Gasteiger partial charge in [0.2, 0.25) is 0 Å². The highest BCUT2D eigenvalue weighted by Gasteiger charge is 2.97. The summed E-state index contributed by atoms with van der Waals surface area (Å²) in [6.07, 6.45) is 28.6. The first kappa shape index (κ1) is 17.5. The fraction of sp³-hybridized carbons (Fsp3) is 1.00. The van der Waals surface area contributed by atoms with E-state index >= 15 is 0 Å². The molecule has 7 saturated carbocycles. The lowest BCUT2D eigenvalue weighted by Crippen LogP contribution is -2.91. The summed E-state index contributed by atoms with van der Waals surface area (Å²) in [4.78, 5) is 0. The van der Waals surface area contributed by atoms with E-state index in [9.17, 15) is 0 Å². The number of nitrogens with one attached hydrogen (secondary N) is 1. The maximum Gasteiger partial charge on any atom is 0.0263 e. The van der Waals surface area contributed by atoms with Gasteiger partial charge in [-0.2, -0.15) is 0 Å². The molecule has 0 radical (unpaired) electrons. The zero-order valence-corrected chi connectivity index (χ0v) is 19.0. The van der Waals surface area contributed by atoms with Crippen LogP contribution in [0.25, 0.3) is 0 Å². The van der Waals surface area contributed by atoms with Crippen molar-refractivity contribution >= 4 is 0 Å². The average Bonchev–Trinajstić information content (AvgIpc) is 3.05. The third-order valence-electron chi connectivity index (χ3n) is 13.6. The van der Waals surface area contributed by atoms with E-state index in [1.165, 1.54) is 25.8 Å². The normalized spacial score (nSPS) is 52.2. The molecule has 0 amide bonds. The highest BCUT2D eigenvalue weighted by Crippen LogP contribution is 2.97. The van der Waals surface area contributed by atoms with Crippen molar-refractivity contribution in [2.45, 2.75) is 128 Å². The molecule has 160 valence electrons. The Bertz CT molecular complexity index is 735. The Morgan fingerprint density at radius 2 is 1.41 bits per heavy atom. The van der Waals surface area contributed by atoms with Crippen molar-refractivity contribution in [2.75, 3.05) is 6.54 Å². The molecule has 2 saturated heterocycles. The van der Waals surface area contributed by atoms with Crippen molar-refractivity contribution in [1.29, 1.82) is 0 Å². The molecule has 0 aromatic rings. The molecule has 1 N–H and O–H groups in total. The van der Waals surface area contributed by atoms with Crippen molar-refractivity contribution in [3.8, 4) is 0 Å². The van der Waals surface area contributed by atoms with E-state index in [2.05, 4.69) is 12.2 Å². The molecule has 2 heterocycles. The molecule has 1 nitrogen and oxygen atoms in total. The molecule has 4 unspecified atom stereocenters. The summed E-state index contributed by atoms with van der Waals surface area (Å²) in [7, 11) is 0. The Morgan fingerprint density at radius 1 is 0.759 bits per heavy atom. The van der Waals surface area contributed by atoms with Crippen LogP contribution in [0.3, 0.4) is 0 Å². The second kappa shape index (κ2) is 4.82. The molecule has 29 heavy (non-hydrogen) atoms. The van der Waals surface area contributed by atoms with Gasteiger partial charge in [0.15, 0.2) is 0 Å². The molecule has 9 rings (SSSR count). The number of hydrogen-bond donors (Lipinski definition) is 1. The van der Waals surface area contributed by atoms with Gasteiger partial charge in [0.1, 0.15) is 0 Å². The van der Waals surface area contributed by atoms with E-state index in [1.54, 1.807) is 96.3 Å². The third kappa shape index (κ3) is 1.62. The zero-order valence-electron chi connectivity index (χ0n) is 19.0. The van der Waals surface area contributed by atoms with E-state index in [4.69, 9.17) is 0 Å². The first-order chi connectivity index (χ1) is 14.0. The molecule has 9 aliphatic rings. The van der Waals surface area contributed by atoms with Gasteiger partial charge in [-0.05, 0) is 123 Å². The van der Waals surface area contributed by atoms with Gasteiger partial charge >= 0.3 is 0 Å². The minimum Gasteiger partial charge on any atom is -0.310 e. The van der Waals surface area contributed by atoms with Crippen molar-refractivity contribution in [3.05, 3.63) is 0 Å². The molecule has 2 bridgehead atoms. The lowest BCUT2D eigenvalue weighted by molar-refractivity contribution is -0.415. The zero-order chi connectivity index (χ0) is 19.2. The lowest BCUT2D eigenvalue weighted by Gasteiger charge is -2.92. The Balaban J connectivity index is 1.19. The van der Waals surface area contributed by atoms with Gasteiger partial charge in [0, 0.05) is 17.5 Å². The summed E-state index contributed by atoms with van der Waals surface area (Å²) >= 11 is 0. The van der Waals surface area contributed by atoms with Gasteiger partial charge < -0.3 is 5.32 Å². The fourth-order valence-electron chi connectivity index (χ4n) is 13.4. The highest BCUT2D eigenvalue weighted by molar-refractivity contribution is 5.49. The van der Waals surface area contributed by atoms with E-state index in [0.717, 1.165) is 38.4 Å². The van der Waals surface area contributed by atoms with Gasteiger partial charge in [0.05, 0.1) is 0 Å². The molecule has 7 aliphatic carbocycles. The average molecular weight is 394 g/mol. The Labute approximate surface area is 178 Å². The van der Waals surface area contributed by atoms with Crippen molar-refractivity contribution in [3.63, 3.8) is 0 Å². The van der Waals surface area contributed by atoms with Crippen molar-refractivity contribution in [2.24, 2.45) is 38.4 Å². The Hall–Kier alpha value is -0.0400. The summed E-state index contributed by atoms with van der Waals surface area (Å²) < 4.78 is 0. The lowest BCUT2D eigenvalue weighted by atomic mass is 9.12. The molecule has 9 fully saturated rings. The maximum atomic E-state index is 4.23. The largest absolute Gasteiger partial charge is 0.310 e. The Morgan fingerprint density at radius 3 is 1.93 bits per heavy atom. The standard InChI is InChI=1S/C28H43N/c1-2-6-22(7-3-8-22)13-21-14-25-18-27(29-20-25)19-26(28(21,25)27)16-23(9-4-10-23)15-24(17-26)11-5-12-24/h21,29H,2-20H2,1H3. The van der Waals surface area contributed by atoms with Crippen LogP contribution in [-0.2, 0) is 0 Å². The van der Waals surface area contributed by atoms with Crippen LogP contribution in [0.5, 0.6) is 0 Å². The van der Waals surface area contributed by atoms with Crippen molar-refractivity contribution in [1.82, 2.24) is 5.32 Å². The number of fused-ring (bicyclic) bond motifs is 1. The van der Waals surface area contributed by atoms with Gasteiger partial charge in [-0.3, -0.25) is 0 Å². The van der Waals surface area contributed by atoms with E-state index in [-0.39, 0.29) is 0 Å². The minimum atomic E-state index is 0.625. The smallest absolute Gasteiger partial charge is 0.0263 e. The van der Waals surface area contributed by atoms with Crippen LogP contribution in [-0.4, -0.2) is 12.1 Å². The van der Waals surface area contributed by atoms with Crippen LogP contribution < -0.4 is 5.32 Å². The summed E-state index contributed by atoms with van der Waals surface area (Å²) in [6.45, 7) is 3.86. The van der Waals surface area contributed by atoms with Crippen molar-refractivity contribution < 1.29 is 0 Å². The van der Waals surface area contributed by atoms with Gasteiger partial charge in [-0.25, -0.2) is 0 Å². The van der Waals surface area contributed by atoms with Crippen LogP contribution in [0.15, 0.2) is 0 Å². The van der Waals surface area contributed by atoms with Crippen LogP contribution >= 0.6 is 0 Å². The van der Waals surface area contributed by atoms with Crippen LogP contribution in [0.4, 0.5) is 0 Å². The predicted molar refractivity (Wildman–Crippen MR) is 118 cm³/mol. The van der Waals surface area contributed by atoms with Gasteiger partial charge in [-0.1, -0.05) is 32.6 Å². The minimum absolute atomic E-state index is 0.625. The van der Waals surface area contributed by atoms with E-state index in [1.807, 2.05) is 0 Å². The summed E-state index contributed by atoms with van der Waals surface area (Å²) in [6, 6.07) is 0. The molecule has 6 spiro atoms. The summed E-state index contributed by atoms with van der Waals surface area (Å²) in [5.41, 5.74) is 5.33. The second-order valence-electron chi connectivity index (χ2n) is 14.6. The van der Waals surface area contributed by atoms with E-state index < -0.39 is 0 Å². The molecular weight excluding hydrogens is 350 g/mol. The number of rotatable bonds is 4. The van der Waals surface area contributed by atoms with Gasteiger partial charge in [0.25, 0.3) is 0 Å². The maximum absolute atomic E-state index is 4.23. The molecule has 2 aliphatic heterocycles. The molecule has 4 atom stereocenters. The highest BCUT2D eigenvalue weighted by atomic mass is 15.2. The van der Waals surface area contributed by atoms with Crippen LogP contribution in [0.1, 0.15) is 122 Å². The van der Waals surface area contributed by atoms with Gasteiger partial charge in [-0.15, -0.1) is 0 Å². The molecule has 0 aromatic carbocycles. The van der Waals surface area contributed by atoms with Crippen LogP contribution in [0, 0.1) is 38.4 Å². The summed E-state index contributed by atoms with van der Waals surface area (Å²) in [5.74, 6) is 1.10. The topological polar surface area (TPSA) is 12.0 Å². The molecule has 0 aromatic heterocycles. The first-order valence-electron chi connectivity index (χ1n) is 13.7. The second-order valence-corrected chi connectivity index (χ2v) is 14.6. The SMILES string of the molecule is CCCC1(CC2CC34CNC5(C3)CC3(CC6(CCC6)CC6(CCC6)C3)C245)CCC1. The van der Waals surface area contributed by atoms with Crippen LogP contribution in [0.2, 0.25) is 0 Å². The first-order valence-corrected chi connectivity index (χ1v) is 13.7. The summed E-state index contributed by atoms with van der Waals surface area (Å²) in [5, 5.41) is 4.23. The Kier molecular flexibility index (Phi) is 2.91.